The smallest absolute Gasteiger partial charge is 0.270 e. The quantitative estimate of drug-likeness (QED) is 0.910. The number of carbonyl (C=O) groups is 1. The van der Waals surface area contributed by atoms with Crippen molar-refractivity contribution in [3.8, 4) is 0 Å². The van der Waals surface area contributed by atoms with Crippen molar-refractivity contribution in [1.29, 1.82) is 0 Å². The lowest BCUT2D eigenvalue weighted by Crippen LogP contribution is -2.29. The first-order valence-corrected chi connectivity index (χ1v) is 7.28. The summed E-state index contributed by atoms with van der Waals surface area (Å²) in [5.41, 5.74) is 2.44. The highest BCUT2D eigenvalue weighted by Gasteiger charge is 2.13. The van der Waals surface area contributed by atoms with E-state index in [1.165, 1.54) is 5.56 Å². The Hall–Kier alpha value is -2.43. The van der Waals surface area contributed by atoms with E-state index in [1.807, 2.05) is 52.0 Å². The van der Waals surface area contributed by atoms with E-state index >= 15 is 0 Å². The molecule has 0 aliphatic carbocycles. The summed E-state index contributed by atoms with van der Waals surface area (Å²) in [6.45, 7) is 8.55. The van der Waals surface area contributed by atoms with Gasteiger partial charge >= 0.3 is 0 Å². The van der Waals surface area contributed by atoms with Gasteiger partial charge in [-0.1, -0.05) is 29.8 Å². The molecule has 22 heavy (non-hydrogen) atoms. The van der Waals surface area contributed by atoms with Gasteiger partial charge in [-0.25, -0.2) is 9.97 Å². The van der Waals surface area contributed by atoms with Gasteiger partial charge in [0.1, 0.15) is 5.69 Å². The Morgan fingerprint density at radius 1 is 1.23 bits per heavy atom. The van der Waals surface area contributed by atoms with E-state index in [-0.39, 0.29) is 11.4 Å². The summed E-state index contributed by atoms with van der Waals surface area (Å²) >= 11 is 0. The molecule has 1 heterocycles. The molecule has 0 unspecified atom stereocenters. The van der Waals surface area contributed by atoms with Crippen molar-refractivity contribution in [3.63, 3.8) is 0 Å². The first kappa shape index (κ1) is 15.9. The average molecular weight is 298 g/mol. The Kier molecular flexibility index (Phi) is 4.75. The van der Waals surface area contributed by atoms with Gasteiger partial charge in [-0.05, 0) is 39.3 Å². The van der Waals surface area contributed by atoms with E-state index in [2.05, 4.69) is 20.6 Å². The van der Waals surface area contributed by atoms with E-state index in [1.54, 1.807) is 12.3 Å². The number of amides is 1. The molecule has 0 radical (unpaired) electrons. The summed E-state index contributed by atoms with van der Waals surface area (Å²) in [5, 5.41) is 6.03. The van der Waals surface area contributed by atoms with E-state index in [4.69, 9.17) is 0 Å². The van der Waals surface area contributed by atoms with Gasteiger partial charge in [0.15, 0.2) is 0 Å². The predicted octanol–water partition coefficient (Wildman–Crippen LogP) is 2.93. The molecule has 116 valence electrons. The Bertz CT molecular complexity index is 662. The molecule has 0 aliphatic heterocycles. The SMILES string of the molecule is Cc1cccc(CNC(=O)c2ccnc(NC(C)(C)C)n2)c1. The summed E-state index contributed by atoms with van der Waals surface area (Å²) in [7, 11) is 0. The zero-order valence-electron chi connectivity index (χ0n) is 13.5. The van der Waals surface area contributed by atoms with Crippen molar-refractivity contribution in [2.45, 2.75) is 39.8 Å². The van der Waals surface area contributed by atoms with E-state index < -0.39 is 0 Å². The van der Waals surface area contributed by atoms with Crippen LogP contribution in [0.4, 0.5) is 5.95 Å². The Morgan fingerprint density at radius 2 is 2.00 bits per heavy atom. The summed E-state index contributed by atoms with van der Waals surface area (Å²) in [6.07, 6.45) is 1.59. The van der Waals surface area contributed by atoms with Gasteiger partial charge in [-0.2, -0.15) is 0 Å². The Balaban J connectivity index is 2.02. The van der Waals surface area contributed by atoms with E-state index in [9.17, 15) is 4.79 Å². The van der Waals surface area contributed by atoms with Crippen molar-refractivity contribution in [2.24, 2.45) is 0 Å². The standard InChI is InChI=1S/C17H22N4O/c1-12-6-5-7-13(10-12)11-19-15(22)14-8-9-18-16(20-14)21-17(2,3)4/h5-10H,11H2,1-4H3,(H,19,22)(H,18,20,21). The predicted molar refractivity (Wildman–Crippen MR) is 87.8 cm³/mol. The highest BCUT2D eigenvalue weighted by atomic mass is 16.1. The lowest BCUT2D eigenvalue weighted by atomic mass is 10.1. The summed E-state index contributed by atoms with van der Waals surface area (Å²) in [4.78, 5) is 20.6. The normalized spacial score (nSPS) is 11.1. The molecule has 1 aromatic carbocycles. The van der Waals surface area contributed by atoms with Crippen molar-refractivity contribution in [2.75, 3.05) is 5.32 Å². The molecular weight excluding hydrogens is 276 g/mol. The first-order valence-electron chi connectivity index (χ1n) is 7.28. The molecule has 2 rings (SSSR count). The Labute approximate surface area is 131 Å². The minimum Gasteiger partial charge on any atom is -0.350 e. The van der Waals surface area contributed by atoms with Crippen molar-refractivity contribution >= 4 is 11.9 Å². The summed E-state index contributed by atoms with van der Waals surface area (Å²) in [6, 6.07) is 9.65. The molecule has 1 amide bonds. The molecular formula is C17H22N4O. The first-order chi connectivity index (χ1) is 10.3. The van der Waals surface area contributed by atoms with Crippen LogP contribution in [0.25, 0.3) is 0 Å². The fourth-order valence-corrected chi connectivity index (χ4v) is 1.98. The van der Waals surface area contributed by atoms with Crippen LogP contribution in [0, 0.1) is 6.92 Å². The third-order valence-electron chi connectivity index (χ3n) is 2.91. The van der Waals surface area contributed by atoms with Crippen LogP contribution >= 0.6 is 0 Å². The lowest BCUT2D eigenvalue weighted by molar-refractivity contribution is 0.0946. The zero-order valence-corrected chi connectivity index (χ0v) is 13.5. The number of anilines is 1. The molecule has 0 spiro atoms. The second kappa shape index (κ2) is 6.56. The van der Waals surface area contributed by atoms with Crippen molar-refractivity contribution in [3.05, 3.63) is 53.3 Å². The number of aromatic nitrogens is 2. The molecule has 0 fully saturated rings. The fraction of sp³-hybridized carbons (Fsp3) is 0.353. The summed E-state index contributed by atoms with van der Waals surface area (Å²) < 4.78 is 0. The molecule has 0 saturated heterocycles. The number of carbonyl (C=O) groups excluding carboxylic acids is 1. The van der Waals surface area contributed by atoms with Crippen LogP contribution in [-0.4, -0.2) is 21.4 Å². The molecule has 2 aromatic rings. The molecule has 0 saturated carbocycles. The number of benzene rings is 1. The lowest BCUT2D eigenvalue weighted by Gasteiger charge is -2.20. The maximum Gasteiger partial charge on any atom is 0.270 e. The van der Waals surface area contributed by atoms with Gasteiger partial charge < -0.3 is 10.6 Å². The highest BCUT2D eigenvalue weighted by molar-refractivity contribution is 5.92. The van der Waals surface area contributed by atoms with Gasteiger partial charge in [0.2, 0.25) is 5.95 Å². The monoisotopic (exact) mass is 298 g/mol. The molecule has 0 bridgehead atoms. The topological polar surface area (TPSA) is 66.9 Å². The van der Waals surface area contributed by atoms with Crippen molar-refractivity contribution in [1.82, 2.24) is 15.3 Å². The molecule has 1 aromatic heterocycles. The second-order valence-corrected chi connectivity index (χ2v) is 6.31. The molecule has 0 atom stereocenters. The van der Waals surface area contributed by atoms with Crippen LogP contribution in [0.1, 0.15) is 42.4 Å². The third kappa shape index (κ3) is 4.84. The second-order valence-electron chi connectivity index (χ2n) is 6.31. The van der Waals surface area contributed by atoms with Gasteiger partial charge in [-0.3, -0.25) is 4.79 Å². The van der Waals surface area contributed by atoms with Crippen LogP contribution in [0.15, 0.2) is 36.5 Å². The van der Waals surface area contributed by atoms with Gasteiger partial charge in [0, 0.05) is 18.3 Å². The van der Waals surface area contributed by atoms with E-state index in [0.717, 1.165) is 5.56 Å². The minimum atomic E-state index is -0.208. The maximum atomic E-state index is 12.2. The molecule has 5 heteroatoms. The molecule has 0 aliphatic rings. The number of nitrogens with zero attached hydrogens (tertiary/aromatic N) is 2. The Morgan fingerprint density at radius 3 is 2.68 bits per heavy atom. The number of hydrogen-bond donors (Lipinski definition) is 2. The zero-order chi connectivity index (χ0) is 16.2. The third-order valence-corrected chi connectivity index (χ3v) is 2.91. The van der Waals surface area contributed by atoms with Crippen LogP contribution in [0.2, 0.25) is 0 Å². The van der Waals surface area contributed by atoms with Crippen molar-refractivity contribution < 1.29 is 4.79 Å². The minimum absolute atomic E-state index is 0.156. The van der Waals surface area contributed by atoms with E-state index in [0.29, 0.717) is 18.2 Å². The summed E-state index contributed by atoms with van der Waals surface area (Å²) in [5.74, 6) is 0.247. The number of nitrogens with one attached hydrogen (secondary N) is 2. The molecule has 2 N–H and O–H groups in total. The van der Waals surface area contributed by atoms with Gasteiger partial charge in [0.05, 0.1) is 0 Å². The number of aryl methyl sites for hydroxylation is 1. The number of rotatable bonds is 4. The highest BCUT2D eigenvalue weighted by Crippen LogP contribution is 2.10. The molecule has 5 nitrogen and oxygen atoms in total. The van der Waals surface area contributed by atoms with Gasteiger partial charge in [-0.15, -0.1) is 0 Å². The van der Waals surface area contributed by atoms with Crippen LogP contribution in [0.3, 0.4) is 0 Å². The van der Waals surface area contributed by atoms with Crippen LogP contribution in [0.5, 0.6) is 0 Å². The van der Waals surface area contributed by atoms with Crippen LogP contribution < -0.4 is 10.6 Å². The average Bonchev–Trinajstić information content (AvgIpc) is 2.43. The van der Waals surface area contributed by atoms with Crippen LogP contribution in [-0.2, 0) is 6.54 Å². The largest absolute Gasteiger partial charge is 0.350 e. The fourth-order valence-electron chi connectivity index (χ4n) is 1.98. The maximum absolute atomic E-state index is 12.2. The number of hydrogen-bond acceptors (Lipinski definition) is 4. The van der Waals surface area contributed by atoms with Gasteiger partial charge in [0.25, 0.3) is 5.91 Å².